The van der Waals surface area contributed by atoms with E-state index in [2.05, 4.69) is 6.92 Å². The minimum atomic E-state index is -0.654. The van der Waals surface area contributed by atoms with Crippen molar-refractivity contribution in [2.24, 2.45) is 11.8 Å². The average Bonchev–Trinajstić information content (AvgIpc) is 3.22. The topological polar surface area (TPSA) is 62.4 Å². The van der Waals surface area contributed by atoms with Gasteiger partial charge in [-0.15, -0.1) is 0 Å². The van der Waals surface area contributed by atoms with Crippen molar-refractivity contribution in [1.29, 1.82) is 0 Å². The lowest BCUT2D eigenvalue weighted by atomic mass is 9.81. The van der Waals surface area contributed by atoms with Crippen LogP contribution in [0.1, 0.15) is 45.4 Å². The molecule has 1 N–H and O–H groups in total. The minimum Gasteiger partial charge on any atom is -0.481 e. The van der Waals surface area contributed by atoms with Gasteiger partial charge >= 0.3 is 5.97 Å². The largest absolute Gasteiger partial charge is 0.481 e. The molecule has 0 aromatic carbocycles. The third-order valence-electron chi connectivity index (χ3n) is 4.69. The minimum absolute atomic E-state index is 0.199. The maximum Gasteiger partial charge on any atom is 0.306 e. The molecule has 6 unspecified atom stereocenters. The third kappa shape index (κ3) is 2.69. The lowest BCUT2D eigenvalue weighted by molar-refractivity contribution is -0.142. The molecule has 0 spiro atoms. The Balaban J connectivity index is 1.48. The molecule has 3 fully saturated rings. The Kier molecular flexibility index (Phi) is 3.32. The Labute approximate surface area is 108 Å². The summed E-state index contributed by atoms with van der Waals surface area (Å²) in [6.07, 6.45) is 7.28. The molecule has 3 aliphatic rings. The number of hydrogen-bond donors (Lipinski definition) is 1. The first kappa shape index (κ1) is 12.4. The molecule has 2 heterocycles. The van der Waals surface area contributed by atoms with Gasteiger partial charge in [0.15, 0.2) is 0 Å². The quantitative estimate of drug-likeness (QED) is 0.738. The summed E-state index contributed by atoms with van der Waals surface area (Å²) in [4.78, 5) is 11.3. The summed E-state index contributed by atoms with van der Waals surface area (Å²) in [5, 5.41) is 9.33. The van der Waals surface area contributed by atoms with Crippen LogP contribution in [-0.2, 0) is 14.3 Å². The number of epoxide rings is 2. The van der Waals surface area contributed by atoms with Crippen molar-refractivity contribution < 1.29 is 19.4 Å². The first-order chi connectivity index (χ1) is 8.67. The van der Waals surface area contributed by atoms with E-state index >= 15 is 0 Å². The lowest BCUT2D eigenvalue weighted by Crippen LogP contribution is -2.23. The van der Waals surface area contributed by atoms with Crippen LogP contribution in [0, 0.1) is 11.8 Å². The van der Waals surface area contributed by atoms with Gasteiger partial charge < -0.3 is 14.6 Å². The highest BCUT2D eigenvalue weighted by atomic mass is 16.6. The average molecular weight is 254 g/mol. The molecule has 1 aliphatic carbocycles. The molecule has 0 radical (unpaired) electrons. The molecule has 0 aromatic rings. The summed E-state index contributed by atoms with van der Waals surface area (Å²) < 4.78 is 11.0. The second-order valence-electron chi connectivity index (χ2n) is 6.02. The standard InChI is InChI=1S/C14H22O4/c1-2-10-13(17-10)7-9(14(15)16)5-8-3-4-11-12(6-8)18-11/h8-13H,2-7H2,1H3,(H,15,16). The number of carbonyl (C=O) groups is 1. The Hall–Kier alpha value is -0.610. The van der Waals surface area contributed by atoms with Crippen molar-refractivity contribution >= 4 is 5.97 Å². The van der Waals surface area contributed by atoms with Crippen molar-refractivity contribution in [1.82, 2.24) is 0 Å². The number of ether oxygens (including phenoxy) is 2. The first-order valence-corrected chi connectivity index (χ1v) is 7.21. The van der Waals surface area contributed by atoms with Gasteiger partial charge in [0, 0.05) is 0 Å². The van der Waals surface area contributed by atoms with Crippen molar-refractivity contribution in [3.63, 3.8) is 0 Å². The van der Waals surface area contributed by atoms with Crippen molar-refractivity contribution in [2.45, 2.75) is 69.9 Å². The maximum atomic E-state index is 11.3. The van der Waals surface area contributed by atoms with E-state index in [-0.39, 0.29) is 12.0 Å². The predicted molar refractivity (Wildman–Crippen MR) is 65.3 cm³/mol. The van der Waals surface area contributed by atoms with Crippen molar-refractivity contribution in [3.05, 3.63) is 0 Å². The van der Waals surface area contributed by atoms with E-state index in [4.69, 9.17) is 9.47 Å². The van der Waals surface area contributed by atoms with Gasteiger partial charge in [-0.2, -0.15) is 0 Å². The van der Waals surface area contributed by atoms with Crippen molar-refractivity contribution in [3.8, 4) is 0 Å². The molecule has 2 saturated heterocycles. The zero-order valence-corrected chi connectivity index (χ0v) is 10.9. The molecule has 0 amide bonds. The van der Waals surface area contributed by atoms with Gasteiger partial charge in [-0.25, -0.2) is 0 Å². The van der Waals surface area contributed by atoms with Gasteiger partial charge in [-0.3, -0.25) is 4.79 Å². The maximum absolute atomic E-state index is 11.3. The highest BCUT2D eigenvalue weighted by Crippen LogP contribution is 2.42. The number of fused-ring (bicyclic) bond motifs is 1. The molecular weight excluding hydrogens is 232 g/mol. The number of aliphatic carboxylic acids is 1. The third-order valence-corrected chi connectivity index (χ3v) is 4.69. The number of carboxylic acid groups (broad SMARTS) is 1. The SMILES string of the molecule is CCC1OC1CC(CC1CCC2OC2C1)C(=O)O. The van der Waals surface area contributed by atoms with Gasteiger partial charge in [0.05, 0.1) is 30.3 Å². The smallest absolute Gasteiger partial charge is 0.306 e. The lowest BCUT2D eigenvalue weighted by Gasteiger charge is -2.22. The summed E-state index contributed by atoms with van der Waals surface area (Å²) in [5.74, 6) is -0.347. The van der Waals surface area contributed by atoms with Gasteiger partial charge in [-0.1, -0.05) is 6.92 Å². The fraction of sp³-hybridized carbons (Fsp3) is 0.929. The van der Waals surface area contributed by atoms with Crippen LogP contribution in [0.5, 0.6) is 0 Å². The molecule has 102 valence electrons. The molecular formula is C14H22O4. The van der Waals surface area contributed by atoms with Crippen LogP contribution in [0.15, 0.2) is 0 Å². The summed E-state index contributed by atoms with van der Waals surface area (Å²) in [5.41, 5.74) is 0. The van der Waals surface area contributed by atoms with Crippen LogP contribution in [0.25, 0.3) is 0 Å². The Morgan fingerprint density at radius 3 is 2.67 bits per heavy atom. The van der Waals surface area contributed by atoms with E-state index in [0.29, 0.717) is 30.7 Å². The van der Waals surface area contributed by atoms with Crippen LogP contribution in [0.4, 0.5) is 0 Å². The Bertz CT molecular complexity index is 330. The normalized spacial score (nSPS) is 43.1. The summed E-state index contributed by atoms with van der Waals surface area (Å²) in [7, 11) is 0. The second-order valence-corrected chi connectivity index (χ2v) is 6.02. The molecule has 1 saturated carbocycles. The number of hydrogen-bond acceptors (Lipinski definition) is 3. The van der Waals surface area contributed by atoms with Crippen LogP contribution < -0.4 is 0 Å². The zero-order valence-electron chi connectivity index (χ0n) is 10.9. The summed E-state index contributed by atoms with van der Waals surface area (Å²) in [6, 6.07) is 0. The summed E-state index contributed by atoms with van der Waals surface area (Å²) >= 11 is 0. The molecule has 6 atom stereocenters. The molecule has 18 heavy (non-hydrogen) atoms. The van der Waals surface area contributed by atoms with E-state index in [9.17, 15) is 9.90 Å². The van der Waals surface area contributed by atoms with E-state index in [1.807, 2.05) is 0 Å². The molecule has 3 rings (SSSR count). The molecule has 4 nitrogen and oxygen atoms in total. The van der Waals surface area contributed by atoms with Crippen LogP contribution >= 0.6 is 0 Å². The van der Waals surface area contributed by atoms with Gasteiger partial charge in [0.25, 0.3) is 0 Å². The highest BCUT2D eigenvalue weighted by molar-refractivity contribution is 5.70. The van der Waals surface area contributed by atoms with E-state index in [0.717, 1.165) is 32.1 Å². The van der Waals surface area contributed by atoms with Crippen LogP contribution in [-0.4, -0.2) is 35.5 Å². The van der Waals surface area contributed by atoms with E-state index in [1.54, 1.807) is 0 Å². The monoisotopic (exact) mass is 254 g/mol. The molecule has 2 aliphatic heterocycles. The van der Waals surface area contributed by atoms with Crippen LogP contribution in [0.3, 0.4) is 0 Å². The number of rotatable bonds is 6. The fourth-order valence-electron chi connectivity index (χ4n) is 3.43. The number of carboxylic acids is 1. The summed E-state index contributed by atoms with van der Waals surface area (Å²) in [6.45, 7) is 2.09. The Morgan fingerprint density at radius 1 is 1.22 bits per heavy atom. The first-order valence-electron chi connectivity index (χ1n) is 7.21. The Morgan fingerprint density at radius 2 is 2.06 bits per heavy atom. The van der Waals surface area contributed by atoms with E-state index < -0.39 is 5.97 Å². The predicted octanol–water partition coefficient (Wildman–Crippen LogP) is 2.21. The highest BCUT2D eigenvalue weighted by Gasteiger charge is 2.45. The van der Waals surface area contributed by atoms with Gasteiger partial charge in [-0.05, 0) is 44.4 Å². The van der Waals surface area contributed by atoms with E-state index in [1.165, 1.54) is 0 Å². The molecule has 4 heteroatoms. The molecule has 0 bridgehead atoms. The van der Waals surface area contributed by atoms with Crippen molar-refractivity contribution in [2.75, 3.05) is 0 Å². The van der Waals surface area contributed by atoms with Crippen LogP contribution in [0.2, 0.25) is 0 Å². The fourth-order valence-corrected chi connectivity index (χ4v) is 3.43. The molecule has 0 aromatic heterocycles. The van der Waals surface area contributed by atoms with Gasteiger partial charge in [0.2, 0.25) is 0 Å². The van der Waals surface area contributed by atoms with Gasteiger partial charge in [0.1, 0.15) is 0 Å². The second kappa shape index (κ2) is 4.82. The zero-order chi connectivity index (χ0) is 12.7.